The lowest BCUT2D eigenvalue weighted by Crippen LogP contribution is -2.41. The van der Waals surface area contributed by atoms with Crippen molar-refractivity contribution < 1.29 is 4.79 Å². The number of nitrogens with zero attached hydrogens (tertiary/aromatic N) is 3. The molecule has 148 valence electrons. The SMILES string of the molecule is CN=C/C(=C\N)c1ccc(N=C(N)C2=C(NC3CC3)CCN(C(C)=O)C2)cc1. The summed E-state index contributed by atoms with van der Waals surface area (Å²) in [5, 5.41) is 3.56. The molecule has 0 bridgehead atoms. The summed E-state index contributed by atoms with van der Waals surface area (Å²) in [5.41, 5.74) is 16.6. The molecule has 1 saturated carbocycles. The van der Waals surface area contributed by atoms with Gasteiger partial charge in [-0.3, -0.25) is 9.79 Å². The molecule has 5 N–H and O–H groups in total. The fourth-order valence-electron chi connectivity index (χ4n) is 3.19. The van der Waals surface area contributed by atoms with Gasteiger partial charge in [-0.05, 0) is 30.5 Å². The van der Waals surface area contributed by atoms with Gasteiger partial charge in [0.2, 0.25) is 5.91 Å². The van der Waals surface area contributed by atoms with Gasteiger partial charge in [0.15, 0.2) is 0 Å². The minimum absolute atomic E-state index is 0.0545. The molecule has 1 aromatic rings. The Bertz CT molecular complexity index is 846. The number of nitrogens with two attached hydrogens (primary N) is 2. The number of carbonyl (C=O) groups is 1. The summed E-state index contributed by atoms with van der Waals surface area (Å²) >= 11 is 0. The fraction of sp³-hybridized carbons (Fsp3) is 0.381. The highest BCUT2D eigenvalue weighted by atomic mass is 16.2. The first kappa shape index (κ1) is 19.7. The molecule has 1 aliphatic heterocycles. The summed E-state index contributed by atoms with van der Waals surface area (Å²) in [4.78, 5) is 22.2. The van der Waals surface area contributed by atoms with Crippen molar-refractivity contribution >= 4 is 29.2 Å². The van der Waals surface area contributed by atoms with Crippen LogP contribution in [0.1, 0.15) is 31.7 Å². The van der Waals surface area contributed by atoms with Crippen LogP contribution in [0.25, 0.3) is 5.57 Å². The van der Waals surface area contributed by atoms with E-state index in [-0.39, 0.29) is 5.91 Å². The van der Waals surface area contributed by atoms with Crippen LogP contribution >= 0.6 is 0 Å². The van der Waals surface area contributed by atoms with Crippen molar-refractivity contribution in [3.05, 3.63) is 47.3 Å². The molecular formula is C21H28N6O. The lowest BCUT2D eigenvalue weighted by molar-refractivity contribution is -0.128. The summed E-state index contributed by atoms with van der Waals surface area (Å²) in [6.45, 7) is 2.79. The molecule has 2 aliphatic rings. The molecule has 7 nitrogen and oxygen atoms in total. The molecule has 0 spiro atoms. The third-order valence-corrected chi connectivity index (χ3v) is 4.95. The van der Waals surface area contributed by atoms with Gasteiger partial charge in [0.1, 0.15) is 5.84 Å². The molecule has 7 heteroatoms. The van der Waals surface area contributed by atoms with Crippen LogP contribution in [-0.4, -0.2) is 49.0 Å². The molecule has 0 atom stereocenters. The van der Waals surface area contributed by atoms with Crippen molar-refractivity contribution in [2.45, 2.75) is 32.2 Å². The Morgan fingerprint density at radius 1 is 1.29 bits per heavy atom. The maximum absolute atomic E-state index is 11.8. The number of hydrogen-bond acceptors (Lipinski definition) is 5. The van der Waals surface area contributed by atoms with Crippen LogP contribution < -0.4 is 16.8 Å². The van der Waals surface area contributed by atoms with Crippen molar-refractivity contribution in [2.24, 2.45) is 21.5 Å². The number of aliphatic imine (C=N–C) groups is 2. The summed E-state index contributed by atoms with van der Waals surface area (Å²) in [7, 11) is 1.71. The van der Waals surface area contributed by atoms with E-state index >= 15 is 0 Å². The summed E-state index contributed by atoms with van der Waals surface area (Å²) in [5.74, 6) is 0.505. The molecule has 28 heavy (non-hydrogen) atoms. The van der Waals surface area contributed by atoms with E-state index in [0.29, 0.717) is 25.0 Å². The van der Waals surface area contributed by atoms with Crippen molar-refractivity contribution in [1.82, 2.24) is 10.2 Å². The normalized spacial score (nSPS) is 18.7. The third-order valence-electron chi connectivity index (χ3n) is 4.95. The van der Waals surface area contributed by atoms with Crippen molar-refractivity contribution in [1.29, 1.82) is 0 Å². The molecule has 1 aliphatic carbocycles. The maximum Gasteiger partial charge on any atom is 0.219 e. The smallest absolute Gasteiger partial charge is 0.219 e. The molecule has 1 amide bonds. The van der Waals surface area contributed by atoms with Gasteiger partial charge in [0, 0.05) is 62.2 Å². The molecular weight excluding hydrogens is 352 g/mol. The summed E-state index contributed by atoms with van der Waals surface area (Å²) in [6, 6.07) is 8.20. The lowest BCUT2D eigenvalue weighted by atomic mass is 10.0. The zero-order chi connectivity index (χ0) is 20.1. The van der Waals surface area contributed by atoms with Gasteiger partial charge in [0.25, 0.3) is 0 Å². The quantitative estimate of drug-likeness (QED) is 0.517. The van der Waals surface area contributed by atoms with Gasteiger partial charge in [-0.15, -0.1) is 0 Å². The Morgan fingerprint density at radius 3 is 2.57 bits per heavy atom. The molecule has 0 radical (unpaired) electrons. The van der Waals surface area contributed by atoms with E-state index in [9.17, 15) is 4.79 Å². The zero-order valence-electron chi connectivity index (χ0n) is 16.5. The zero-order valence-corrected chi connectivity index (χ0v) is 16.5. The summed E-state index contributed by atoms with van der Waals surface area (Å²) < 4.78 is 0. The number of carbonyl (C=O) groups excluding carboxylic acids is 1. The minimum Gasteiger partial charge on any atom is -0.404 e. The first-order valence-corrected chi connectivity index (χ1v) is 9.55. The number of hydrogen-bond donors (Lipinski definition) is 3. The molecule has 1 heterocycles. The Hall–Kier alpha value is -3.09. The maximum atomic E-state index is 11.8. The van der Waals surface area contributed by atoms with Crippen molar-refractivity contribution in [3.8, 4) is 0 Å². The van der Waals surface area contributed by atoms with Gasteiger partial charge < -0.3 is 21.7 Å². The van der Waals surface area contributed by atoms with Gasteiger partial charge in [-0.1, -0.05) is 12.1 Å². The van der Waals surface area contributed by atoms with E-state index in [4.69, 9.17) is 11.5 Å². The Morgan fingerprint density at radius 2 is 2.00 bits per heavy atom. The van der Waals surface area contributed by atoms with E-state index in [1.807, 2.05) is 24.3 Å². The average Bonchev–Trinajstić information content (AvgIpc) is 3.51. The summed E-state index contributed by atoms with van der Waals surface area (Å²) in [6.07, 6.45) is 6.39. The highest BCUT2D eigenvalue weighted by molar-refractivity contribution is 6.09. The number of amides is 1. The van der Waals surface area contributed by atoms with Crippen molar-refractivity contribution in [3.63, 3.8) is 0 Å². The third kappa shape index (κ3) is 4.79. The second-order valence-corrected chi connectivity index (χ2v) is 7.12. The Balaban J connectivity index is 1.84. The highest BCUT2D eigenvalue weighted by Gasteiger charge is 2.28. The topological polar surface area (TPSA) is 109 Å². The number of nitrogens with one attached hydrogen (secondary N) is 1. The van der Waals surface area contributed by atoms with Gasteiger partial charge in [0.05, 0.1) is 12.2 Å². The molecule has 0 unspecified atom stereocenters. The van der Waals surface area contributed by atoms with Gasteiger partial charge in [-0.25, -0.2) is 4.99 Å². The van der Waals surface area contributed by atoms with E-state index in [1.54, 1.807) is 25.1 Å². The second-order valence-electron chi connectivity index (χ2n) is 7.12. The number of rotatable bonds is 6. The molecule has 3 rings (SSSR count). The second kappa shape index (κ2) is 8.73. The van der Waals surface area contributed by atoms with E-state index in [0.717, 1.165) is 34.5 Å². The lowest BCUT2D eigenvalue weighted by Gasteiger charge is -2.30. The molecule has 0 aromatic heterocycles. The predicted octanol–water partition coefficient (Wildman–Crippen LogP) is 1.93. The Kier molecular flexibility index (Phi) is 6.13. The van der Waals surface area contributed by atoms with E-state index in [1.165, 1.54) is 19.0 Å². The van der Waals surface area contributed by atoms with E-state index in [2.05, 4.69) is 15.3 Å². The first-order valence-electron chi connectivity index (χ1n) is 9.55. The number of benzene rings is 1. The van der Waals surface area contributed by atoms with Gasteiger partial charge >= 0.3 is 0 Å². The molecule has 1 fully saturated rings. The van der Waals surface area contributed by atoms with Crippen LogP contribution in [-0.2, 0) is 4.79 Å². The van der Waals surface area contributed by atoms with Crippen molar-refractivity contribution in [2.75, 3.05) is 20.1 Å². The van der Waals surface area contributed by atoms with Crippen LogP contribution in [0, 0.1) is 0 Å². The van der Waals surface area contributed by atoms with Crippen LogP contribution in [0.3, 0.4) is 0 Å². The van der Waals surface area contributed by atoms with Crippen LogP contribution in [0.2, 0.25) is 0 Å². The minimum atomic E-state index is 0.0545. The monoisotopic (exact) mass is 380 g/mol. The largest absolute Gasteiger partial charge is 0.404 e. The van der Waals surface area contributed by atoms with E-state index < -0.39 is 0 Å². The molecule has 1 aromatic carbocycles. The highest BCUT2D eigenvalue weighted by Crippen LogP contribution is 2.26. The molecule has 0 saturated heterocycles. The fourth-order valence-corrected chi connectivity index (χ4v) is 3.19. The van der Waals surface area contributed by atoms with Crippen LogP contribution in [0.4, 0.5) is 5.69 Å². The standard InChI is InChI=1S/C21H28N6O/c1-14(28)27-10-9-20(25-17-7-8-17)19(13-27)21(23)26-18-5-3-15(4-6-18)16(11-22)12-24-2/h3-6,11-12,17,25H,7-10,13,22H2,1-2H3,(H2,23,26)/b16-11+,24-12?. The average molecular weight is 380 g/mol. The first-order chi connectivity index (χ1) is 13.5. The Labute approximate surface area is 165 Å². The number of allylic oxidation sites excluding steroid dienone is 1. The van der Waals surface area contributed by atoms with Crippen LogP contribution in [0.5, 0.6) is 0 Å². The van der Waals surface area contributed by atoms with Crippen LogP contribution in [0.15, 0.2) is 51.7 Å². The predicted molar refractivity (Wildman–Crippen MR) is 114 cm³/mol. The van der Waals surface area contributed by atoms with Gasteiger partial charge in [-0.2, -0.15) is 0 Å². The number of amidine groups is 1.